The van der Waals surface area contributed by atoms with Crippen molar-refractivity contribution < 1.29 is 9.90 Å². The van der Waals surface area contributed by atoms with Gasteiger partial charge in [0.05, 0.1) is 0 Å². The number of carbonyl (C=O) groups is 1. The Morgan fingerprint density at radius 1 is 1.33 bits per heavy atom. The Balaban J connectivity index is 3.10. The van der Waals surface area contributed by atoms with Crippen molar-refractivity contribution in [3.8, 4) is 0 Å². The van der Waals surface area contributed by atoms with Crippen molar-refractivity contribution in [1.29, 1.82) is 0 Å². The number of carbonyl (C=O) groups excluding carboxylic acids is 1. The van der Waals surface area contributed by atoms with Crippen LogP contribution in [-0.4, -0.2) is 6.09 Å². The summed E-state index contributed by atoms with van der Waals surface area (Å²) in [6.45, 7) is 6.42. The third-order valence-corrected chi connectivity index (χ3v) is 5.30. The molecule has 0 spiro atoms. The van der Waals surface area contributed by atoms with Crippen LogP contribution in [0, 0.1) is 0 Å². The van der Waals surface area contributed by atoms with Gasteiger partial charge in [-0.05, 0) is 25.7 Å². The molecule has 0 aliphatic carbocycles. The average molecular weight is 269 g/mol. The lowest BCUT2D eigenvalue weighted by atomic mass is 10.0. The summed E-state index contributed by atoms with van der Waals surface area (Å²) in [5.74, 6) is 1.02. The van der Waals surface area contributed by atoms with Crippen LogP contribution < -0.4 is 10.4 Å². The van der Waals surface area contributed by atoms with Crippen molar-refractivity contribution in [2.24, 2.45) is 0 Å². The van der Waals surface area contributed by atoms with Gasteiger partial charge >= 0.3 is 0 Å². The van der Waals surface area contributed by atoms with Gasteiger partial charge in [0.2, 0.25) is 5.00 Å². The van der Waals surface area contributed by atoms with E-state index in [1.165, 1.54) is 11.1 Å². The van der Waals surface area contributed by atoms with E-state index in [-0.39, 0.29) is 10.5 Å². The Hall–Kier alpha value is -1.03. The van der Waals surface area contributed by atoms with E-state index in [9.17, 15) is 9.90 Å². The van der Waals surface area contributed by atoms with E-state index in [0.717, 1.165) is 42.9 Å². The van der Waals surface area contributed by atoms with Gasteiger partial charge in [0.15, 0.2) is 0 Å². The Kier molecular flexibility index (Phi) is 6.19. The summed E-state index contributed by atoms with van der Waals surface area (Å²) in [7, 11) is -0.0635. The van der Waals surface area contributed by atoms with Crippen molar-refractivity contribution in [3.63, 3.8) is 0 Å². The summed E-state index contributed by atoms with van der Waals surface area (Å²) < 4.78 is 0. The van der Waals surface area contributed by atoms with E-state index >= 15 is 0 Å². The number of unbranched alkanes of at least 4 members (excludes halogenated alkanes) is 1. The van der Waals surface area contributed by atoms with Crippen LogP contribution in [0.3, 0.4) is 0 Å². The topological polar surface area (TPSA) is 52.2 Å². The van der Waals surface area contributed by atoms with Gasteiger partial charge in [-0.1, -0.05) is 27.2 Å². The second-order valence-corrected chi connectivity index (χ2v) is 6.36. The Morgan fingerprint density at radius 2 is 2.06 bits per heavy atom. The lowest BCUT2D eigenvalue weighted by Gasteiger charge is -2.06. The molecular weight excluding hydrogens is 246 g/mol. The number of nitrogens with one attached hydrogen (secondary N) is 1. The molecule has 0 radical (unpaired) electrons. The second kappa shape index (κ2) is 7.41. The van der Waals surface area contributed by atoms with E-state index in [4.69, 9.17) is 0 Å². The summed E-state index contributed by atoms with van der Waals surface area (Å²) in [6.07, 6.45) is 4.06. The smallest absolute Gasteiger partial charge is 0.249 e. The molecule has 4 heteroatoms. The van der Waals surface area contributed by atoms with Crippen LogP contribution in [0.4, 0.5) is 9.80 Å². The first-order valence-corrected chi connectivity index (χ1v) is 8.21. The normalized spacial score (nSPS) is 11.6. The zero-order valence-electron chi connectivity index (χ0n) is 11.5. The van der Waals surface area contributed by atoms with E-state index in [1.807, 2.05) is 0 Å². The van der Waals surface area contributed by atoms with Gasteiger partial charge in [0.25, 0.3) is 0 Å². The molecule has 0 aliphatic rings. The fourth-order valence-corrected chi connectivity index (χ4v) is 4.44. The van der Waals surface area contributed by atoms with Crippen LogP contribution in [0.25, 0.3) is 0 Å². The molecule has 0 aliphatic heterocycles. The number of hydrogen-bond acceptors (Lipinski definition) is 2. The molecule has 1 N–H and O–H groups in total. The minimum atomic E-state index is -1.18. The molecule has 1 rings (SSSR count). The third-order valence-electron chi connectivity index (χ3n) is 3.01. The van der Waals surface area contributed by atoms with E-state index < -0.39 is 6.09 Å². The van der Waals surface area contributed by atoms with Gasteiger partial charge in [0.1, 0.15) is 17.2 Å². The largest absolute Gasteiger partial charge is 0.530 e. The lowest BCUT2D eigenvalue weighted by Crippen LogP contribution is -2.29. The highest BCUT2D eigenvalue weighted by Gasteiger charge is 2.23. The van der Waals surface area contributed by atoms with E-state index in [1.54, 1.807) is 0 Å². The fraction of sp³-hybridized carbons (Fsp3) is 0.643. The van der Waals surface area contributed by atoms with Gasteiger partial charge in [-0.25, -0.2) is 0 Å². The van der Waals surface area contributed by atoms with Crippen molar-refractivity contribution in [2.45, 2.75) is 58.6 Å². The monoisotopic (exact) mass is 269 g/mol. The van der Waals surface area contributed by atoms with E-state index in [0.29, 0.717) is 0 Å². The van der Waals surface area contributed by atoms with Crippen LogP contribution in [0.2, 0.25) is 0 Å². The van der Waals surface area contributed by atoms with Crippen molar-refractivity contribution >= 4 is 21.6 Å². The Bertz CT molecular complexity index is 399. The molecule has 0 saturated carbocycles. The number of anilines is 1. The lowest BCUT2D eigenvalue weighted by molar-refractivity contribution is -0.242. The predicted molar refractivity (Wildman–Crippen MR) is 76.2 cm³/mol. The Labute approximate surface area is 112 Å². The number of rotatable bonds is 7. The number of thiophene rings is 1. The summed E-state index contributed by atoms with van der Waals surface area (Å²) in [6, 6.07) is 0. The first kappa shape index (κ1) is 15.0. The fourth-order valence-electron chi connectivity index (χ4n) is 2.14. The molecule has 18 heavy (non-hydrogen) atoms. The maximum absolute atomic E-state index is 10.8. The summed E-state index contributed by atoms with van der Waals surface area (Å²) in [5.41, 5.74) is 2.55. The minimum Gasteiger partial charge on any atom is -0.530 e. The van der Waals surface area contributed by atoms with E-state index in [2.05, 4.69) is 31.5 Å². The molecule has 102 valence electrons. The van der Waals surface area contributed by atoms with Crippen LogP contribution in [0.5, 0.6) is 0 Å². The van der Waals surface area contributed by atoms with Crippen molar-refractivity contribution in [3.05, 3.63) is 16.5 Å². The molecule has 0 bridgehead atoms. The standard InChI is InChI=1S/C14H23NO2S/c1-4-7-8-12-11(6-3)10-18(9-5-2)13(12)15-14(16)17/h10,15H,4-9H2,1-3H3. The second-order valence-electron chi connectivity index (χ2n) is 4.45. The number of aryl methyl sites for hydroxylation is 2. The van der Waals surface area contributed by atoms with Gasteiger partial charge in [0, 0.05) is 21.6 Å². The maximum Gasteiger partial charge on any atom is 0.249 e. The molecule has 0 aromatic carbocycles. The molecule has 1 heterocycles. The highest BCUT2D eigenvalue weighted by atomic mass is 32.2. The first-order valence-electron chi connectivity index (χ1n) is 6.75. The number of hydrogen-bond donors (Lipinski definition) is 1. The van der Waals surface area contributed by atoms with Gasteiger partial charge in [-0.15, -0.1) is 0 Å². The van der Waals surface area contributed by atoms with Crippen molar-refractivity contribution in [2.75, 3.05) is 5.32 Å². The number of carboxylic acid groups (broad SMARTS) is 1. The molecule has 1 aromatic heterocycles. The molecule has 1 aromatic rings. The molecule has 1 unspecified atom stereocenters. The number of amides is 1. The maximum atomic E-state index is 10.8. The molecule has 3 nitrogen and oxygen atoms in total. The first-order chi connectivity index (χ1) is 8.63. The zero-order chi connectivity index (χ0) is 13.5. The summed E-state index contributed by atoms with van der Waals surface area (Å²) in [5, 5.41) is 16.6. The average Bonchev–Trinajstić information content (AvgIpc) is 2.64. The predicted octanol–water partition coefficient (Wildman–Crippen LogP) is 3.51. The SMILES string of the molecule is CCCCc1c(CC)c[s+](CCC)c1NC(=O)[O-]. The molecule has 1 amide bonds. The minimum absolute atomic E-state index is 0.0635. The third kappa shape index (κ3) is 3.73. The van der Waals surface area contributed by atoms with Crippen LogP contribution in [0.15, 0.2) is 5.38 Å². The van der Waals surface area contributed by atoms with Gasteiger partial charge < -0.3 is 9.90 Å². The van der Waals surface area contributed by atoms with Crippen LogP contribution in [0.1, 0.15) is 51.2 Å². The zero-order valence-corrected chi connectivity index (χ0v) is 12.4. The molecule has 0 saturated heterocycles. The Morgan fingerprint density at radius 3 is 2.56 bits per heavy atom. The van der Waals surface area contributed by atoms with Crippen LogP contribution in [-0.2, 0) is 18.6 Å². The van der Waals surface area contributed by atoms with Crippen molar-refractivity contribution in [1.82, 2.24) is 0 Å². The highest BCUT2D eigenvalue weighted by molar-refractivity contribution is 7.33. The molecular formula is C14H23NO2S. The van der Waals surface area contributed by atoms with Crippen LogP contribution >= 0.6 is 10.5 Å². The highest BCUT2D eigenvalue weighted by Crippen LogP contribution is 2.40. The molecule has 0 fully saturated rings. The summed E-state index contributed by atoms with van der Waals surface area (Å²) >= 11 is 0. The van der Waals surface area contributed by atoms with Gasteiger partial charge in [-0.2, -0.15) is 0 Å². The quantitative estimate of drug-likeness (QED) is 0.770. The summed E-state index contributed by atoms with van der Waals surface area (Å²) in [4.78, 5) is 10.8. The van der Waals surface area contributed by atoms with Gasteiger partial charge in [-0.3, -0.25) is 5.32 Å². The molecule has 1 atom stereocenters.